The van der Waals surface area contributed by atoms with Crippen LogP contribution in [0.25, 0.3) is 6.08 Å². The van der Waals surface area contributed by atoms with Crippen molar-refractivity contribution >= 4 is 17.8 Å². The van der Waals surface area contributed by atoms with Crippen LogP contribution in [-0.4, -0.2) is 59.4 Å². The van der Waals surface area contributed by atoms with E-state index in [1.807, 2.05) is 54.6 Å². The number of aliphatic hydroxyl groups is 1. The summed E-state index contributed by atoms with van der Waals surface area (Å²) < 4.78 is 5.68. The molecule has 0 aliphatic carbocycles. The Bertz CT molecular complexity index is 1090. The largest absolute Gasteiger partial charge is 0.503 e. The molecule has 1 heterocycles. The Balaban J connectivity index is 1.93. The minimum atomic E-state index is -0.695. The van der Waals surface area contributed by atoms with Crippen LogP contribution in [0.1, 0.15) is 37.4 Å². The third-order valence-electron chi connectivity index (χ3n) is 6.11. The molecule has 0 saturated carbocycles. The van der Waals surface area contributed by atoms with Crippen molar-refractivity contribution in [1.82, 2.24) is 9.80 Å². The fourth-order valence-corrected chi connectivity index (χ4v) is 4.24. The summed E-state index contributed by atoms with van der Waals surface area (Å²) in [7, 11) is 0. The Morgan fingerprint density at radius 2 is 1.89 bits per heavy atom. The molecule has 0 saturated heterocycles. The van der Waals surface area contributed by atoms with Gasteiger partial charge in [0.1, 0.15) is 12.4 Å². The predicted octanol–water partition coefficient (Wildman–Crippen LogP) is 4.96. The lowest BCUT2D eigenvalue weighted by Crippen LogP contribution is -2.34. The molecule has 3 rings (SSSR count). The van der Waals surface area contributed by atoms with Gasteiger partial charge < -0.3 is 19.6 Å². The van der Waals surface area contributed by atoms with E-state index in [0.717, 1.165) is 31.6 Å². The van der Waals surface area contributed by atoms with Gasteiger partial charge in [0.15, 0.2) is 11.5 Å². The Kier molecular flexibility index (Phi) is 9.44. The molecule has 0 fully saturated rings. The highest BCUT2D eigenvalue weighted by molar-refractivity contribution is 6.14. The number of hydrogen-bond acceptors (Lipinski definition) is 5. The van der Waals surface area contributed by atoms with Crippen LogP contribution in [0.2, 0.25) is 0 Å². The summed E-state index contributed by atoms with van der Waals surface area (Å²) in [5, 5.41) is 10.8. The minimum Gasteiger partial charge on any atom is -0.503 e. The molecule has 0 spiro atoms. The van der Waals surface area contributed by atoms with Crippen molar-refractivity contribution in [3.63, 3.8) is 0 Å². The highest BCUT2D eigenvalue weighted by Crippen LogP contribution is 2.39. The zero-order valence-corrected chi connectivity index (χ0v) is 20.5. The quantitative estimate of drug-likeness (QED) is 0.328. The predicted molar refractivity (Wildman–Crippen MR) is 139 cm³/mol. The Labute approximate surface area is 207 Å². The van der Waals surface area contributed by atoms with Crippen LogP contribution in [-0.2, 0) is 9.59 Å². The first kappa shape index (κ1) is 26.0. The number of carbonyl (C=O) groups excluding carboxylic acids is 2. The van der Waals surface area contributed by atoms with Crippen LogP contribution < -0.4 is 4.74 Å². The second-order valence-electron chi connectivity index (χ2n) is 8.32. The molecular weight excluding hydrogens is 440 g/mol. The molecule has 35 heavy (non-hydrogen) atoms. The highest BCUT2D eigenvalue weighted by atomic mass is 16.5. The van der Waals surface area contributed by atoms with Crippen molar-refractivity contribution in [3.8, 4) is 5.75 Å². The second-order valence-corrected chi connectivity index (χ2v) is 8.32. The van der Waals surface area contributed by atoms with Gasteiger partial charge >= 0.3 is 0 Å². The number of carbonyl (C=O) groups is 2. The van der Waals surface area contributed by atoms with Gasteiger partial charge in [-0.1, -0.05) is 75.0 Å². The first-order valence-corrected chi connectivity index (χ1v) is 12.1. The van der Waals surface area contributed by atoms with Gasteiger partial charge in [0, 0.05) is 6.54 Å². The third-order valence-corrected chi connectivity index (χ3v) is 6.11. The molecule has 6 heteroatoms. The number of nitrogens with zero attached hydrogens (tertiary/aromatic N) is 2. The van der Waals surface area contributed by atoms with Crippen LogP contribution in [0.4, 0.5) is 0 Å². The van der Waals surface area contributed by atoms with Crippen LogP contribution in [0.3, 0.4) is 0 Å². The third kappa shape index (κ3) is 6.49. The molecule has 1 N–H and O–H groups in total. The van der Waals surface area contributed by atoms with Crippen molar-refractivity contribution in [2.45, 2.75) is 26.3 Å². The molecule has 0 bridgehead atoms. The van der Waals surface area contributed by atoms with E-state index in [0.29, 0.717) is 24.5 Å². The van der Waals surface area contributed by atoms with Crippen LogP contribution in [0, 0.1) is 0 Å². The smallest absolute Gasteiger partial charge is 0.290 e. The summed E-state index contributed by atoms with van der Waals surface area (Å²) in [5.41, 5.74) is 1.66. The molecule has 0 aromatic heterocycles. The maximum Gasteiger partial charge on any atom is 0.290 e. The number of rotatable bonds is 13. The SMILES string of the molecule is C=CCOc1cccc(C2C(C(=O)C=Cc3ccccc3)=C(O)C(=O)N2CCCN(CC)CC)c1. The van der Waals surface area contributed by atoms with E-state index in [-0.39, 0.29) is 5.57 Å². The Hall–Kier alpha value is -3.64. The van der Waals surface area contributed by atoms with Gasteiger partial charge in [-0.05, 0) is 55.4 Å². The molecular formula is C29H34N2O4. The lowest BCUT2D eigenvalue weighted by molar-refractivity contribution is -0.129. The van der Waals surface area contributed by atoms with Gasteiger partial charge in [-0.25, -0.2) is 0 Å². The molecule has 6 nitrogen and oxygen atoms in total. The van der Waals surface area contributed by atoms with Gasteiger partial charge in [-0.2, -0.15) is 0 Å². The Morgan fingerprint density at radius 3 is 2.57 bits per heavy atom. The van der Waals surface area contributed by atoms with E-state index in [2.05, 4.69) is 25.3 Å². The van der Waals surface area contributed by atoms with Crippen LogP contribution in [0.15, 0.2) is 84.7 Å². The number of ether oxygens (including phenoxy) is 1. The monoisotopic (exact) mass is 474 g/mol. The summed E-state index contributed by atoms with van der Waals surface area (Å²) in [5.74, 6) is -0.800. The average molecular weight is 475 g/mol. The molecule has 2 aromatic carbocycles. The number of aliphatic hydroxyl groups excluding tert-OH is 1. The maximum atomic E-state index is 13.3. The van der Waals surface area contributed by atoms with E-state index >= 15 is 0 Å². The van der Waals surface area contributed by atoms with Crippen molar-refractivity contribution in [2.75, 3.05) is 32.8 Å². The summed E-state index contributed by atoms with van der Waals surface area (Å²) in [6.07, 6.45) is 5.49. The van der Waals surface area contributed by atoms with Crippen molar-refractivity contribution in [3.05, 3.63) is 95.8 Å². The summed E-state index contributed by atoms with van der Waals surface area (Å²) in [6.45, 7) is 11.3. The zero-order chi connectivity index (χ0) is 25.2. The molecule has 1 aliphatic heterocycles. The van der Waals surface area contributed by atoms with Gasteiger partial charge in [-0.3, -0.25) is 9.59 Å². The van der Waals surface area contributed by atoms with Gasteiger partial charge in [0.2, 0.25) is 0 Å². The van der Waals surface area contributed by atoms with E-state index in [4.69, 9.17) is 4.74 Å². The van der Waals surface area contributed by atoms with E-state index in [1.165, 1.54) is 6.08 Å². The van der Waals surface area contributed by atoms with Crippen LogP contribution >= 0.6 is 0 Å². The normalized spacial score (nSPS) is 15.9. The van der Waals surface area contributed by atoms with Crippen molar-refractivity contribution < 1.29 is 19.4 Å². The molecule has 184 valence electrons. The van der Waals surface area contributed by atoms with Crippen LogP contribution in [0.5, 0.6) is 5.75 Å². The topological polar surface area (TPSA) is 70.1 Å². The lowest BCUT2D eigenvalue weighted by atomic mass is 9.95. The fourth-order valence-electron chi connectivity index (χ4n) is 4.24. The zero-order valence-electron chi connectivity index (χ0n) is 20.5. The lowest BCUT2D eigenvalue weighted by Gasteiger charge is -2.28. The van der Waals surface area contributed by atoms with E-state index < -0.39 is 23.5 Å². The highest BCUT2D eigenvalue weighted by Gasteiger charge is 2.42. The fraction of sp³-hybridized carbons (Fsp3) is 0.310. The number of ketones is 1. The Morgan fingerprint density at radius 1 is 1.14 bits per heavy atom. The first-order chi connectivity index (χ1) is 17.0. The average Bonchev–Trinajstić information content (AvgIpc) is 3.14. The molecule has 2 aromatic rings. The minimum absolute atomic E-state index is 0.0888. The van der Waals surface area contributed by atoms with E-state index in [1.54, 1.807) is 17.1 Å². The molecule has 1 amide bonds. The van der Waals surface area contributed by atoms with Crippen molar-refractivity contribution in [2.24, 2.45) is 0 Å². The number of allylic oxidation sites excluding steroid dienone is 1. The molecule has 0 radical (unpaired) electrons. The molecule has 1 unspecified atom stereocenters. The number of hydrogen-bond donors (Lipinski definition) is 1. The second kappa shape index (κ2) is 12.7. The van der Waals surface area contributed by atoms with Gasteiger partial charge in [-0.15, -0.1) is 0 Å². The summed E-state index contributed by atoms with van der Waals surface area (Å²) >= 11 is 0. The first-order valence-electron chi connectivity index (χ1n) is 12.1. The van der Waals surface area contributed by atoms with Gasteiger partial charge in [0.25, 0.3) is 5.91 Å². The van der Waals surface area contributed by atoms with Crippen molar-refractivity contribution in [1.29, 1.82) is 0 Å². The maximum absolute atomic E-state index is 13.3. The standard InChI is InChI=1S/C29H34N2O4/c1-4-20-35-24-15-10-14-23(21-24)27-26(25(32)17-16-22-12-8-7-9-13-22)28(33)29(34)31(27)19-11-18-30(5-2)6-3/h4,7-10,12-17,21,27,33H,1,5-6,11,18-20H2,2-3H3. The number of amides is 1. The van der Waals surface area contributed by atoms with Gasteiger partial charge in [0.05, 0.1) is 11.6 Å². The molecule has 1 atom stereocenters. The van der Waals surface area contributed by atoms with E-state index in [9.17, 15) is 14.7 Å². The summed E-state index contributed by atoms with van der Waals surface area (Å²) in [4.78, 5) is 30.3. The molecule has 1 aliphatic rings. The summed E-state index contributed by atoms with van der Waals surface area (Å²) in [6, 6.07) is 16.0. The number of benzene rings is 2.